The topological polar surface area (TPSA) is 12.0 Å². The van der Waals surface area contributed by atoms with E-state index in [0.717, 1.165) is 0 Å². The molecule has 1 N–H and O–H groups in total. The van der Waals surface area contributed by atoms with Crippen molar-refractivity contribution < 1.29 is 0 Å². The molecule has 110 valence electrons. The maximum Gasteiger partial charge on any atom is 0.0414 e. The molecular weight excluding hydrogens is 242 g/mol. The number of anilines is 1. The fraction of sp³-hybridized carbons (Fsp3) is 0.579. The van der Waals surface area contributed by atoms with Gasteiger partial charge in [-0.2, -0.15) is 0 Å². The summed E-state index contributed by atoms with van der Waals surface area (Å²) in [7, 11) is 2.02. The molecule has 0 bridgehead atoms. The van der Waals surface area contributed by atoms with E-state index in [0.29, 0.717) is 11.3 Å². The van der Waals surface area contributed by atoms with Crippen molar-refractivity contribution in [2.75, 3.05) is 12.4 Å². The first kappa shape index (κ1) is 15.2. The molecule has 0 saturated carbocycles. The summed E-state index contributed by atoms with van der Waals surface area (Å²) in [6.07, 6.45) is 7.34. The zero-order valence-electron chi connectivity index (χ0n) is 13.7. The predicted molar refractivity (Wildman–Crippen MR) is 90.3 cm³/mol. The summed E-state index contributed by atoms with van der Waals surface area (Å²) >= 11 is 0. The number of benzene rings is 1. The Morgan fingerprint density at radius 2 is 2.05 bits per heavy atom. The van der Waals surface area contributed by atoms with Crippen molar-refractivity contribution >= 4 is 11.3 Å². The minimum Gasteiger partial charge on any atom is -0.388 e. The van der Waals surface area contributed by atoms with Crippen LogP contribution in [0.4, 0.5) is 5.69 Å². The van der Waals surface area contributed by atoms with Crippen LogP contribution in [-0.4, -0.2) is 7.05 Å². The molecule has 1 heteroatoms. The number of hydrogen-bond donors (Lipinski definition) is 1. The molecule has 0 amide bonds. The fourth-order valence-electron chi connectivity index (χ4n) is 2.91. The van der Waals surface area contributed by atoms with Gasteiger partial charge in [0.2, 0.25) is 0 Å². The Kier molecular flexibility index (Phi) is 4.57. The van der Waals surface area contributed by atoms with Gasteiger partial charge in [0, 0.05) is 18.3 Å². The van der Waals surface area contributed by atoms with Gasteiger partial charge < -0.3 is 5.32 Å². The molecule has 2 rings (SSSR count). The first-order valence-corrected chi connectivity index (χ1v) is 7.98. The van der Waals surface area contributed by atoms with E-state index in [1.807, 2.05) is 7.05 Å². The monoisotopic (exact) mass is 271 g/mol. The van der Waals surface area contributed by atoms with Gasteiger partial charge in [0.15, 0.2) is 0 Å². The van der Waals surface area contributed by atoms with Crippen LogP contribution in [0.3, 0.4) is 0 Å². The van der Waals surface area contributed by atoms with Gasteiger partial charge in [0.1, 0.15) is 0 Å². The minimum absolute atomic E-state index is 0.470. The second kappa shape index (κ2) is 6.03. The van der Waals surface area contributed by atoms with Crippen molar-refractivity contribution in [1.29, 1.82) is 0 Å². The largest absolute Gasteiger partial charge is 0.388 e. The normalized spacial score (nSPS) is 19.4. The lowest BCUT2D eigenvalue weighted by molar-refractivity contribution is 0.335. The van der Waals surface area contributed by atoms with E-state index < -0.39 is 0 Å². The Bertz CT molecular complexity index is 496. The minimum atomic E-state index is 0.470. The summed E-state index contributed by atoms with van der Waals surface area (Å²) in [6.45, 7) is 9.32. The van der Waals surface area contributed by atoms with E-state index in [4.69, 9.17) is 0 Å². The average Bonchev–Trinajstić information content (AvgIpc) is 2.46. The molecule has 20 heavy (non-hydrogen) atoms. The van der Waals surface area contributed by atoms with E-state index in [2.05, 4.69) is 57.3 Å². The van der Waals surface area contributed by atoms with Gasteiger partial charge >= 0.3 is 0 Å². The van der Waals surface area contributed by atoms with Crippen molar-refractivity contribution in [3.8, 4) is 0 Å². The zero-order chi connectivity index (χ0) is 14.8. The average molecular weight is 271 g/mol. The quantitative estimate of drug-likeness (QED) is 0.726. The molecule has 0 aromatic heterocycles. The van der Waals surface area contributed by atoms with Gasteiger partial charge in [-0.3, -0.25) is 0 Å². The molecule has 0 spiro atoms. The molecule has 0 saturated heterocycles. The van der Waals surface area contributed by atoms with E-state index in [1.54, 1.807) is 0 Å². The SMILES string of the molecule is CCC(C)c1ccc(NC)c(C2=CCC(C)(C)CC2)c1. The Hall–Kier alpha value is -1.24. The third kappa shape index (κ3) is 3.26. The molecule has 1 aromatic rings. The summed E-state index contributed by atoms with van der Waals surface area (Å²) in [4.78, 5) is 0. The highest BCUT2D eigenvalue weighted by molar-refractivity contribution is 5.77. The second-order valence-electron chi connectivity index (χ2n) is 6.96. The van der Waals surface area contributed by atoms with Crippen LogP contribution in [0.5, 0.6) is 0 Å². The van der Waals surface area contributed by atoms with Crippen LogP contribution in [0, 0.1) is 5.41 Å². The second-order valence-corrected chi connectivity index (χ2v) is 6.96. The van der Waals surface area contributed by atoms with Crippen molar-refractivity contribution in [3.05, 3.63) is 35.4 Å². The van der Waals surface area contributed by atoms with Gasteiger partial charge in [-0.15, -0.1) is 0 Å². The predicted octanol–water partition coefficient (Wildman–Crippen LogP) is 5.84. The molecule has 0 fully saturated rings. The summed E-state index contributed by atoms with van der Waals surface area (Å²) in [5, 5.41) is 3.36. The van der Waals surface area contributed by atoms with Crippen molar-refractivity contribution in [2.45, 2.75) is 59.3 Å². The molecule has 1 aliphatic carbocycles. The molecular formula is C19H29N. The van der Waals surface area contributed by atoms with E-state index >= 15 is 0 Å². The number of allylic oxidation sites excluding steroid dienone is 2. The third-order valence-electron chi connectivity index (χ3n) is 4.81. The molecule has 1 aromatic carbocycles. The van der Waals surface area contributed by atoms with E-state index in [9.17, 15) is 0 Å². The summed E-state index contributed by atoms with van der Waals surface area (Å²) in [5.41, 5.74) is 6.15. The Morgan fingerprint density at radius 1 is 1.30 bits per heavy atom. The van der Waals surface area contributed by atoms with Crippen LogP contribution < -0.4 is 5.32 Å². The fourth-order valence-corrected chi connectivity index (χ4v) is 2.91. The lowest BCUT2D eigenvalue weighted by atomic mass is 9.76. The Morgan fingerprint density at radius 3 is 2.60 bits per heavy atom. The summed E-state index contributed by atoms with van der Waals surface area (Å²) < 4.78 is 0. The molecule has 0 heterocycles. The van der Waals surface area contributed by atoms with Gasteiger partial charge in [-0.25, -0.2) is 0 Å². The van der Waals surface area contributed by atoms with Crippen LogP contribution in [0.15, 0.2) is 24.3 Å². The number of rotatable bonds is 4. The lowest BCUT2D eigenvalue weighted by Gasteiger charge is -2.29. The molecule has 1 nitrogen and oxygen atoms in total. The standard InChI is InChI=1S/C19H29N/c1-6-14(2)16-7-8-18(20-5)17(13-16)15-9-11-19(3,4)12-10-15/h7-9,13-14,20H,6,10-12H2,1-5H3. The van der Waals surface area contributed by atoms with Gasteiger partial charge in [0.05, 0.1) is 0 Å². The van der Waals surface area contributed by atoms with Crippen LogP contribution in [0.2, 0.25) is 0 Å². The zero-order valence-corrected chi connectivity index (χ0v) is 13.7. The van der Waals surface area contributed by atoms with Crippen molar-refractivity contribution in [3.63, 3.8) is 0 Å². The smallest absolute Gasteiger partial charge is 0.0414 e. The molecule has 0 aliphatic heterocycles. The number of nitrogens with one attached hydrogen (secondary N) is 1. The van der Waals surface area contributed by atoms with E-state index in [-0.39, 0.29) is 0 Å². The van der Waals surface area contributed by atoms with Crippen molar-refractivity contribution in [2.24, 2.45) is 5.41 Å². The highest BCUT2D eigenvalue weighted by Gasteiger charge is 2.23. The van der Waals surface area contributed by atoms with E-state index in [1.165, 1.54) is 48.1 Å². The van der Waals surface area contributed by atoms with Crippen LogP contribution in [-0.2, 0) is 0 Å². The highest BCUT2D eigenvalue weighted by atomic mass is 14.8. The Balaban J connectivity index is 2.36. The third-order valence-corrected chi connectivity index (χ3v) is 4.81. The first-order valence-electron chi connectivity index (χ1n) is 7.98. The summed E-state index contributed by atoms with van der Waals surface area (Å²) in [5.74, 6) is 0.639. The highest BCUT2D eigenvalue weighted by Crippen LogP contribution is 2.40. The maximum absolute atomic E-state index is 3.36. The first-order chi connectivity index (χ1) is 9.46. The molecule has 1 atom stereocenters. The van der Waals surface area contributed by atoms with Crippen molar-refractivity contribution in [1.82, 2.24) is 0 Å². The van der Waals surface area contributed by atoms with Crippen LogP contribution in [0.1, 0.15) is 70.4 Å². The van der Waals surface area contributed by atoms with Crippen LogP contribution in [0.25, 0.3) is 5.57 Å². The Labute approximate surface area is 124 Å². The number of hydrogen-bond acceptors (Lipinski definition) is 1. The van der Waals surface area contributed by atoms with Gasteiger partial charge in [-0.05, 0) is 60.3 Å². The maximum atomic E-state index is 3.36. The molecule has 0 radical (unpaired) electrons. The van der Waals surface area contributed by atoms with Crippen LogP contribution >= 0.6 is 0 Å². The molecule has 1 aliphatic rings. The summed E-state index contributed by atoms with van der Waals surface area (Å²) in [6, 6.07) is 6.93. The lowest BCUT2D eigenvalue weighted by Crippen LogP contribution is -2.14. The molecule has 1 unspecified atom stereocenters. The van der Waals surface area contributed by atoms with Gasteiger partial charge in [0.25, 0.3) is 0 Å². The van der Waals surface area contributed by atoms with Gasteiger partial charge in [-0.1, -0.05) is 39.8 Å².